The topological polar surface area (TPSA) is 23.8 Å². The largest absolute Gasteiger partial charge is 0.198 e. The molecule has 0 spiro atoms. The monoisotopic (exact) mass is 223 g/mol. The van der Waals surface area contributed by atoms with Gasteiger partial charge in [0.05, 0.1) is 6.07 Å². The van der Waals surface area contributed by atoms with E-state index in [-0.39, 0.29) is 0 Å². The van der Waals surface area contributed by atoms with E-state index in [0.29, 0.717) is 5.92 Å². The summed E-state index contributed by atoms with van der Waals surface area (Å²) in [6.45, 7) is 4.49. The van der Waals surface area contributed by atoms with Gasteiger partial charge in [0.2, 0.25) is 0 Å². The second kappa shape index (κ2) is 12.6. The third-order valence-electron chi connectivity index (χ3n) is 3.31. The zero-order chi connectivity index (χ0) is 12.1. The third kappa shape index (κ3) is 10.0. The first kappa shape index (κ1) is 15.5. The average molecular weight is 223 g/mol. The maximum atomic E-state index is 8.78. The Morgan fingerprint density at radius 3 is 1.88 bits per heavy atom. The van der Waals surface area contributed by atoms with Crippen molar-refractivity contribution in [3.8, 4) is 6.07 Å². The number of rotatable bonds is 11. The van der Waals surface area contributed by atoms with Gasteiger partial charge in [-0.3, -0.25) is 0 Å². The Kier molecular flexibility index (Phi) is 12.2. The lowest BCUT2D eigenvalue weighted by molar-refractivity contribution is 0.413. The lowest BCUT2D eigenvalue weighted by atomic mass is 9.92. The Morgan fingerprint density at radius 2 is 1.31 bits per heavy atom. The molecule has 0 aliphatic rings. The van der Waals surface area contributed by atoms with E-state index in [1.165, 1.54) is 64.2 Å². The summed E-state index contributed by atoms with van der Waals surface area (Å²) in [7, 11) is 0. The summed E-state index contributed by atoms with van der Waals surface area (Å²) in [5, 5.41) is 8.78. The van der Waals surface area contributed by atoms with Crippen molar-refractivity contribution in [3.05, 3.63) is 0 Å². The van der Waals surface area contributed by atoms with Crippen LogP contribution < -0.4 is 0 Å². The minimum Gasteiger partial charge on any atom is -0.198 e. The van der Waals surface area contributed by atoms with Crippen molar-refractivity contribution in [1.29, 1.82) is 5.26 Å². The number of nitriles is 1. The van der Waals surface area contributed by atoms with Crippen LogP contribution >= 0.6 is 0 Å². The molecule has 0 fully saturated rings. The zero-order valence-electron chi connectivity index (χ0n) is 11.3. The highest BCUT2D eigenvalue weighted by atomic mass is 14.2. The fraction of sp³-hybridized carbons (Fsp3) is 0.933. The molecular weight excluding hydrogens is 194 g/mol. The molecule has 0 aliphatic heterocycles. The van der Waals surface area contributed by atoms with E-state index < -0.39 is 0 Å². The Bertz CT molecular complexity index is 169. The quantitative estimate of drug-likeness (QED) is 0.427. The second-order valence-corrected chi connectivity index (χ2v) is 4.93. The van der Waals surface area contributed by atoms with E-state index in [4.69, 9.17) is 5.26 Å². The van der Waals surface area contributed by atoms with E-state index in [2.05, 4.69) is 19.9 Å². The summed E-state index contributed by atoms with van der Waals surface area (Å²) < 4.78 is 0. The molecule has 0 radical (unpaired) electrons. The smallest absolute Gasteiger partial charge is 0.0624 e. The number of hydrogen-bond donors (Lipinski definition) is 0. The van der Waals surface area contributed by atoms with Crippen LogP contribution in [-0.2, 0) is 0 Å². The molecule has 0 aromatic rings. The van der Waals surface area contributed by atoms with Crippen molar-refractivity contribution in [2.75, 3.05) is 0 Å². The highest BCUT2D eigenvalue weighted by molar-refractivity contribution is 4.75. The van der Waals surface area contributed by atoms with E-state index in [9.17, 15) is 0 Å². The van der Waals surface area contributed by atoms with Crippen LogP contribution in [0.25, 0.3) is 0 Å². The van der Waals surface area contributed by atoms with Gasteiger partial charge >= 0.3 is 0 Å². The SMILES string of the molecule is CCCCCCC[C@@H](CC#N)CCCCC. The fourth-order valence-corrected chi connectivity index (χ4v) is 2.20. The average Bonchev–Trinajstić information content (AvgIpc) is 2.29. The molecule has 94 valence electrons. The van der Waals surface area contributed by atoms with Crippen molar-refractivity contribution < 1.29 is 0 Å². The minimum atomic E-state index is 0.679. The number of nitrogens with zero attached hydrogens (tertiary/aromatic N) is 1. The summed E-state index contributed by atoms with van der Waals surface area (Å²) in [5.41, 5.74) is 0. The first-order valence-electron chi connectivity index (χ1n) is 7.22. The van der Waals surface area contributed by atoms with Crippen LogP contribution in [0, 0.1) is 17.2 Å². The van der Waals surface area contributed by atoms with Crippen LogP contribution in [0.3, 0.4) is 0 Å². The first-order valence-corrected chi connectivity index (χ1v) is 7.22. The minimum absolute atomic E-state index is 0.679. The predicted octanol–water partition coefficient (Wildman–Crippen LogP) is 5.46. The van der Waals surface area contributed by atoms with Gasteiger partial charge in [-0.05, 0) is 18.8 Å². The number of hydrogen-bond acceptors (Lipinski definition) is 1. The van der Waals surface area contributed by atoms with Gasteiger partial charge in [0.25, 0.3) is 0 Å². The van der Waals surface area contributed by atoms with E-state index in [1.54, 1.807) is 0 Å². The first-order chi connectivity index (χ1) is 7.85. The molecule has 1 nitrogen and oxygen atoms in total. The maximum Gasteiger partial charge on any atom is 0.0624 e. The second-order valence-electron chi connectivity index (χ2n) is 4.93. The van der Waals surface area contributed by atoms with Gasteiger partial charge in [-0.15, -0.1) is 0 Å². The highest BCUT2D eigenvalue weighted by Gasteiger charge is 2.07. The molecule has 1 heteroatoms. The van der Waals surface area contributed by atoms with Crippen molar-refractivity contribution in [2.24, 2.45) is 5.92 Å². The van der Waals surface area contributed by atoms with Crippen LogP contribution in [0.5, 0.6) is 0 Å². The van der Waals surface area contributed by atoms with Crippen LogP contribution in [0.4, 0.5) is 0 Å². The van der Waals surface area contributed by atoms with Gasteiger partial charge in [0, 0.05) is 6.42 Å². The molecule has 0 saturated heterocycles. The standard InChI is InChI=1S/C15H29N/c1-3-5-7-8-10-12-15(13-14-16)11-9-6-4-2/h15H,3-13H2,1-2H3/t15-/m0/s1. The van der Waals surface area contributed by atoms with E-state index >= 15 is 0 Å². The normalized spacial score (nSPS) is 12.3. The van der Waals surface area contributed by atoms with Gasteiger partial charge in [-0.25, -0.2) is 0 Å². The predicted molar refractivity (Wildman–Crippen MR) is 71.2 cm³/mol. The van der Waals surface area contributed by atoms with Crippen LogP contribution in [-0.4, -0.2) is 0 Å². The fourth-order valence-electron chi connectivity index (χ4n) is 2.20. The van der Waals surface area contributed by atoms with Gasteiger partial charge < -0.3 is 0 Å². The molecule has 0 unspecified atom stereocenters. The van der Waals surface area contributed by atoms with Gasteiger partial charge in [0.1, 0.15) is 0 Å². The van der Waals surface area contributed by atoms with Crippen molar-refractivity contribution in [2.45, 2.75) is 84.5 Å². The number of unbranched alkanes of at least 4 members (excludes halogenated alkanes) is 6. The summed E-state index contributed by atoms with van der Waals surface area (Å²) in [6.07, 6.45) is 14.0. The molecule has 0 heterocycles. The van der Waals surface area contributed by atoms with E-state index in [0.717, 1.165) is 6.42 Å². The van der Waals surface area contributed by atoms with Crippen LogP contribution in [0.2, 0.25) is 0 Å². The zero-order valence-corrected chi connectivity index (χ0v) is 11.3. The Labute approximate surface area is 102 Å². The lowest BCUT2D eigenvalue weighted by Crippen LogP contribution is -1.99. The summed E-state index contributed by atoms with van der Waals surface area (Å²) >= 11 is 0. The Hall–Kier alpha value is -0.510. The summed E-state index contributed by atoms with van der Waals surface area (Å²) in [5.74, 6) is 0.679. The van der Waals surface area contributed by atoms with Gasteiger partial charge in [-0.2, -0.15) is 5.26 Å². The van der Waals surface area contributed by atoms with E-state index in [1.807, 2.05) is 0 Å². The third-order valence-corrected chi connectivity index (χ3v) is 3.31. The van der Waals surface area contributed by atoms with Crippen molar-refractivity contribution in [1.82, 2.24) is 0 Å². The summed E-state index contributed by atoms with van der Waals surface area (Å²) in [4.78, 5) is 0. The molecule has 0 rings (SSSR count). The molecule has 16 heavy (non-hydrogen) atoms. The van der Waals surface area contributed by atoms with Crippen LogP contribution in [0.1, 0.15) is 84.5 Å². The molecule has 0 aliphatic carbocycles. The summed E-state index contributed by atoms with van der Waals surface area (Å²) in [6, 6.07) is 2.35. The molecule has 0 N–H and O–H groups in total. The van der Waals surface area contributed by atoms with Gasteiger partial charge in [-0.1, -0.05) is 65.2 Å². The van der Waals surface area contributed by atoms with Crippen molar-refractivity contribution in [3.63, 3.8) is 0 Å². The van der Waals surface area contributed by atoms with Crippen molar-refractivity contribution >= 4 is 0 Å². The van der Waals surface area contributed by atoms with Gasteiger partial charge in [0.15, 0.2) is 0 Å². The molecule has 1 atom stereocenters. The molecule has 0 saturated carbocycles. The highest BCUT2D eigenvalue weighted by Crippen LogP contribution is 2.20. The lowest BCUT2D eigenvalue weighted by Gasteiger charge is -2.12. The molecule has 0 aromatic carbocycles. The molecule has 0 bridgehead atoms. The maximum absolute atomic E-state index is 8.78. The molecular formula is C15H29N. The molecule has 0 amide bonds. The Balaban J connectivity index is 3.48. The van der Waals surface area contributed by atoms with Crippen LogP contribution in [0.15, 0.2) is 0 Å². The Morgan fingerprint density at radius 1 is 0.812 bits per heavy atom. The molecule has 0 aromatic heterocycles.